The van der Waals surface area contributed by atoms with Crippen LogP contribution in [0.5, 0.6) is 11.5 Å². The lowest BCUT2D eigenvalue weighted by molar-refractivity contribution is 0.104. The summed E-state index contributed by atoms with van der Waals surface area (Å²) >= 11 is 0. The molecule has 39 heavy (non-hydrogen) atoms. The highest BCUT2D eigenvalue weighted by molar-refractivity contribution is 5.48. The summed E-state index contributed by atoms with van der Waals surface area (Å²) in [6.07, 6.45) is 3.64. The zero-order valence-corrected chi connectivity index (χ0v) is 22.5. The van der Waals surface area contributed by atoms with E-state index >= 15 is 0 Å². The Hall–Kier alpha value is -3.60. The van der Waals surface area contributed by atoms with Crippen LogP contribution in [0.4, 0.5) is 0 Å². The van der Waals surface area contributed by atoms with Gasteiger partial charge in [-0.1, -0.05) is 78.9 Å². The van der Waals surface area contributed by atoms with Crippen molar-refractivity contribution in [3.63, 3.8) is 0 Å². The third-order valence-electron chi connectivity index (χ3n) is 7.44. The van der Waals surface area contributed by atoms with Crippen molar-refractivity contribution in [3.8, 4) is 11.5 Å². The first-order valence-electron chi connectivity index (χ1n) is 14.1. The van der Waals surface area contributed by atoms with Gasteiger partial charge in [-0.15, -0.1) is 0 Å². The van der Waals surface area contributed by atoms with E-state index in [0.717, 1.165) is 30.8 Å². The Labute approximate surface area is 232 Å². The van der Waals surface area contributed by atoms with Gasteiger partial charge in [-0.2, -0.15) is 0 Å². The molecule has 202 valence electrons. The quantitative estimate of drug-likeness (QED) is 0.187. The van der Waals surface area contributed by atoms with Crippen LogP contribution in [0, 0.1) is 0 Å². The van der Waals surface area contributed by atoms with Gasteiger partial charge in [0.2, 0.25) is 0 Å². The van der Waals surface area contributed by atoms with Crippen molar-refractivity contribution in [1.82, 2.24) is 0 Å². The minimum absolute atomic E-state index is 0.169. The number of aliphatic hydroxyl groups excluding tert-OH is 1. The van der Waals surface area contributed by atoms with Gasteiger partial charge in [-0.25, -0.2) is 0 Å². The fourth-order valence-electron chi connectivity index (χ4n) is 5.49. The van der Waals surface area contributed by atoms with Gasteiger partial charge < -0.3 is 19.3 Å². The maximum Gasteiger partial charge on any atom is 0.120 e. The van der Waals surface area contributed by atoms with Crippen LogP contribution in [0.25, 0.3) is 0 Å². The Morgan fingerprint density at radius 3 is 2.15 bits per heavy atom. The highest BCUT2D eigenvalue weighted by atomic mass is 16.5. The van der Waals surface area contributed by atoms with Crippen molar-refractivity contribution in [3.05, 3.63) is 131 Å². The third kappa shape index (κ3) is 7.29. The number of ether oxygens (including phenoxy) is 3. The molecule has 0 unspecified atom stereocenters. The predicted molar refractivity (Wildman–Crippen MR) is 156 cm³/mol. The first-order chi connectivity index (χ1) is 19.3. The van der Waals surface area contributed by atoms with Crippen LogP contribution in [0.15, 0.2) is 103 Å². The molecule has 1 aliphatic carbocycles. The molecule has 2 atom stereocenters. The number of aliphatic hydroxyl groups is 1. The van der Waals surface area contributed by atoms with Gasteiger partial charge in [-0.3, -0.25) is 0 Å². The van der Waals surface area contributed by atoms with Gasteiger partial charge in [0.05, 0.1) is 6.61 Å². The Morgan fingerprint density at radius 2 is 1.38 bits per heavy atom. The van der Waals surface area contributed by atoms with E-state index in [0.29, 0.717) is 38.8 Å². The van der Waals surface area contributed by atoms with Crippen molar-refractivity contribution in [1.29, 1.82) is 0 Å². The molecule has 0 spiro atoms. The Kier molecular flexibility index (Phi) is 9.67. The Balaban J connectivity index is 1.31. The molecule has 0 bridgehead atoms. The van der Waals surface area contributed by atoms with E-state index in [-0.39, 0.29) is 12.5 Å². The molecule has 0 saturated carbocycles. The molecular weight excluding hydrogens is 484 g/mol. The molecule has 0 amide bonds. The molecule has 0 aliphatic heterocycles. The van der Waals surface area contributed by atoms with E-state index in [1.54, 1.807) is 0 Å². The van der Waals surface area contributed by atoms with Crippen LogP contribution >= 0.6 is 0 Å². The first-order valence-corrected chi connectivity index (χ1v) is 14.1. The zero-order chi connectivity index (χ0) is 26.7. The van der Waals surface area contributed by atoms with Crippen LogP contribution in [0.2, 0.25) is 0 Å². The molecule has 5 rings (SSSR count). The summed E-state index contributed by atoms with van der Waals surface area (Å²) in [5.41, 5.74) is 6.63. The molecule has 0 fully saturated rings. The lowest BCUT2D eigenvalue weighted by Gasteiger charge is -2.35. The lowest BCUT2D eigenvalue weighted by Crippen LogP contribution is -2.20. The fraction of sp³-hybridized carbons (Fsp3) is 0.314. The predicted octanol–water partition coefficient (Wildman–Crippen LogP) is 7.30. The van der Waals surface area contributed by atoms with Gasteiger partial charge in [0.1, 0.15) is 18.1 Å². The minimum atomic E-state index is 0.169. The summed E-state index contributed by atoms with van der Waals surface area (Å²) in [6.45, 7) is 2.60. The maximum absolute atomic E-state index is 8.83. The second kappa shape index (κ2) is 14.0. The Morgan fingerprint density at radius 1 is 0.667 bits per heavy atom. The van der Waals surface area contributed by atoms with Gasteiger partial charge >= 0.3 is 0 Å². The topological polar surface area (TPSA) is 47.9 Å². The fourth-order valence-corrected chi connectivity index (χ4v) is 5.49. The van der Waals surface area contributed by atoms with Crippen molar-refractivity contribution in [2.24, 2.45) is 0 Å². The van der Waals surface area contributed by atoms with Crippen molar-refractivity contribution < 1.29 is 19.3 Å². The maximum atomic E-state index is 8.83. The van der Waals surface area contributed by atoms with Crippen LogP contribution < -0.4 is 9.47 Å². The van der Waals surface area contributed by atoms with Gasteiger partial charge in [0, 0.05) is 32.2 Å². The molecule has 1 N–H and O–H groups in total. The van der Waals surface area contributed by atoms with Crippen molar-refractivity contribution >= 4 is 0 Å². The number of fused-ring (bicyclic) bond motifs is 1. The van der Waals surface area contributed by atoms with E-state index < -0.39 is 0 Å². The third-order valence-corrected chi connectivity index (χ3v) is 7.44. The highest BCUT2D eigenvalue weighted by Gasteiger charge is 2.32. The second-order valence-corrected chi connectivity index (χ2v) is 10.1. The van der Waals surface area contributed by atoms with Crippen LogP contribution in [-0.2, 0) is 17.8 Å². The molecule has 4 nitrogen and oxygen atoms in total. The molecule has 0 radical (unpaired) electrons. The smallest absolute Gasteiger partial charge is 0.120 e. The second-order valence-electron chi connectivity index (χ2n) is 10.1. The van der Waals surface area contributed by atoms with Crippen LogP contribution in [-0.4, -0.2) is 31.5 Å². The van der Waals surface area contributed by atoms with Crippen LogP contribution in [0.1, 0.15) is 58.9 Å². The Bertz CT molecular complexity index is 1270. The average molecular weight is 523 g/mol. The number of benzene rings is 4. The summed E-state index contributed by atoms with van der Waals surface area (Å²) in [7, 11) is 0. The molecule has 0 aromatic heterocycles. The molecule has 4 heteroatoms. The largest absolute Gasteiger partial charge is 0.494 e. The monoisotopic (exact) mass is 522 g/mol. The summed E-state index contributed by atoms with van der Waals surface area (Å²) in [5.74, 6) is 2.50. The van der Waals surface area contributed by atoms with E-state index in [4.69, 9.17) is 19.3 Å². The molecule has 4 aromatic carbocycles. The van der Waals surface area contributed by atoms with Gasteiger partial charge in [0.15, 0.2) is 0 Å². The summed E-state index contributed by atoms with van der Waals surface area (Å²) in [5, 5.41) is 8.83. The lowest BCUT2D eigenvalue weighted by atomic mass is 9.69. The zero-order valence-electron chi connectivity index (χ0n) is 22.5. The number of hydrogen-bond donors (Lipinski definition) is 1. The van der Waals surface area contributed by atoms with Crippen molar-refractivity contribution in [2.75, 3.05) is 26.4 Å². The van der Waals surface area contributed by atoms with Crippen molar-refractivity contribution in [2.45, 2.75) is 44.1 Å². The van der Waals surface area contributed by atoms with E-state index in [9.17, 15) is 0 Å². The first kappa shape index (κ1) is 27.0. The SMILES string of the molecule is OCCCOCCCOc1ccc([C@@H]2c3ccc(OCc4ccccc4)cc3CC[C@@H]2c2ccccc2)cc1. The van der Waals surface area contributed by atoms with Gasteiger partial charge in [-0.05, 0) is 77.3 Å². The minimum Gasteiger partial charge on any atom is -0.494 e. The number of hydrogen-bond acceptors (Lipinski definition) is 4. The standard InChI is InChI=1S/C35H38O4/c36-21-7-22-37-23-8-24-38-31-16-13-29(14-17-31)35-33(28-11-5-2-6-12-28)19-15-30-25-32(18-20-34(30)35)39-26-27-9-3-1-4-10-27/h1-6,9-14,16-18,20,25,33,35-36H,7-8,15,19,21-24,26H2/t33-,35+/m1/s1. The van der Waals surface area contributed by atoms with E-state index in [1.165, 1.54) is 27.8 Å². The molecule has 0 heterocycles. The van der Waals surface area contributed by atoms with Gasteiger partial charge in [0.25, 0.3) is 0 Å². The summed E-state index contributed by atoms with van der Waals surface area (Å²) < 4.78 is 17.6. The van der Waals surface area contributed by atoms with E-state index in [1.807, 2.05) is 18.2 Å². The van der Waals surface area contributed by atoms with Crippen LogP contribution in [0.3, 0.4) is 0 Å². The highest BCUT2D eigenvalue weighted by Crippen LogP contribution is 2.47. The van der Waals surface area contributed by atoms with E-state index in [2.05, 4.69) is 84.9 Å². The normalized spacial score (nSPS) is 16.4. The summed E-state index contributed by atoms with van der Waals surface area (Å²) in [4.78, 5) is 0. The molecule has 4 aromatic rings. The average Bonchev–Trinajstić information content (AvgIpc) is 3.00. The number of aryl methyl sites for hydroxylation is 1. The summed E-state index contributed by atoms with van der Waals surface area (Å²) in [6, 6.07) is 36.5. The molecular formula is C35H38O4. The molecule has 0 saturated heterocycles. The number of rotatable bonds is 13. The molecule has 1 aliphatic rings.